The van der Waals surface area contributed by atoms with Gasteiger partial charge in [0.2, 0.25) is 0 Å². The molecule has 6 rings (SSSR count). The molecule has 5 nitrogen and oxygen atoms in total. The highest BCUT2D eigenvalue weighted by molar-refractivity contribution is 5.90. The summed E-state index contributed by atoms with van der Waals surface area (Å²) >= 11 is 0. The lowest BCUT2D eigenvalue weighted by Crippen LogP contribution is -2.77. The maximum absolute atomic E-state index is 13.1. The van der Waals surface area contributed by atoms with Gasteiger partial charge < -0.3 is 14.6 Å². The number of benzene rings is 1. The molecule has 4 atom stereocenters. The Kier molecular flexibility index (Phi) is 5.11. The van der Waals surface area contributed by atoms with E-state index in [4.69, 9.17) is 9.47 Å². The lowest BCUT2D eigenvalue weighted by Gasteiger charge is -2.64. The molecule has 3 fully saturated rings. The molecule has 1 N–H and O–H groups in total. The van der Waals surface area contributed by atoms with Crippen LogP contribution < -0.4 is 4.74 Å². The predicted molar refractivity (Wildman–Crippen MR) is 120 cm³/mol. The first-order chi connectivity index (χ1) is 14.5. The number of phenolic OH excluding ortho intramolecular Hbond substituents is 1. The number of piperidine rings is 1. The number of phenols is 1. The van der Waals surface area contributed by atoms with Crippen LogP contribution in [0.25, 0.3) is 0 Å². The van der Waals surface area contributed by atoms with E-state index < -0.39 is 17.1 Å². The minimum Gasteiger partial charge on any atom is -0.504 e. The molecule has 2 aliphatic heterocycles. The fourth-order valence-electron chi connectivity index (χ4n) is 7.01. The lowest BCUT2D eigenvalue weighted by atomic mass is 9.48. The third kappa shape index (κ3) is 2.85. The van der Waals surface area contributed by atoms with Gasteiger partial charge in [-0.15, -0.1) is 12.4 Å². The van der Waals surface area contributed by atoms with Gasteiger partial charge >= 0.3 is 0 Å². The van der Waals surface area contributed by atoms with Crippen LogP contribution in [-0.4, -0.2) is 53.2 Å². The Labute approximate surface area is 190 Å². The number of likely N-dealkylation sites (tertiary alicyclic amines) is 1. The number of ketones is 1. The molecule has 1 aromatic carbocycles. The number of hydrogen-bond donors (Lipinski definition) is 1. The first-order valence-electron chi connectivity index (χ1n) is 11.9. The normalized spacial score (nSPS) is 35.5. The Balaban J connectivity index is 0.00000204. The van der Waals surface area contributed by atoms with Crippen LogP contribution in [0.4, 0.5) is 0 Å². The molecule has 5 aliphatic rings. The molecule has 0 aromatic heterocycles. The Morgan fingerprint density at radius 2 is 2.10 bits per heavy atom. The summed E-state index contributed by atoms with van der Waals surface area (Å²) in [5.74, 6) is 2.30. The van der Waals surface area contributed by atoms with Crippen LogP contribution in [0.15, 0.2) is 12.1 Å². The van der Waals surface area contributed by atoms with Crippen LogP contribution in [-0.2, 0) is 21.4 Å². The van der Waals surface area contributed by atoms with Crippen molar-refractivity contribution >= 4 is 18.2 Å². The second kappa shape index (κ2) is 7.36. The van der Waals surface area contributed by atoms with Crippen molar-refractivity contribution < 1.29 is 19.4 Å². The van der Waals surface area contributed by atoms with E-state index in [0.717, 1.165) is 56.9 Å². The molecule has 2 bridgehead atoms. The van der Waals surface area contributed by atoms with Crippen LogP contribution in [0, 0.1) is 11.8 Å². The monoisotopic (exact) mass is 447 g/mol. The predicted octanol–water partition coefficient (Wildman–Crippen LogP) is 4.02. The summed E-state index contributed by atoms with van der Waals surface area (Å²) in [5.41, 5.74) is 1.48. The van der Waals surface area contributed by atoms with Crippen LogP contribution in [0.2, 0.25) is 0 Å². The number of nitrogens with zero attached hydrogens (tertiary/aromatic N) is 1. The summed E-state index contributed by atoms with van der Waals surface area (Å²) in [5, 5.41) is 10.6. The van der Waals surface area contributed by atoms with Crippen molar-refractivity contribution in [3.8, 4) is 11.5 Å². The maximum atomic E-state index is 13.1. The zero-order valence-corrected chi connectivity index (χ0v) is 19.4. The Morgan fingerprint density at radius 3 is 2.84 bits per heavy atom. The molecule has 0 amide bonds. The standard InChI is InChI=1S/C25H33NO4.ClH/c1-15(2)8-12-29-25-9-7-19(28)23-24(25)10-11-26(14-16-3-4-16)20(25)13-17-5-6-18(27)22(30-23)21(17)24;/h5-6,15-16,20,23,27H,3-4,7-14H2,1-2H3;1H/t20-,23?,24+,25-;/m1./s1. The summed E-state index contributed by atoms with van der Waals surface area (Å²) in [6, 6.07) is 4.09. The molecule has 3 aliphatic carbocycles. The highest BCUT2D eigenvalue weighted by atomic mass is 35.5. The number of carbonyl (C=O) groups is 1. The molecular formula is C25H34ClNO4. The first-order valence-corrected chi connectivity index (χ1v) is 11.9. The third-order valence-corrected chi connectivity index (χ3v) is 8.57. The van der Waals surface area contributed by atoms with E-state index in [9.17, 15) is 9.90 Å². The average molecular weight is 448 g/mol. The second-order valence-electron chi connectivity index (χ2n) is 10.7. The first kappa shape index (κ1) is 21.5. The molecule has 2 saturated carbocycles. The minimum atomic E-state index is -0.516. The molecule has 1 saturated heterocycles. The van der Waals surface area contributed by atoms with Gasteiger partial charge in [-0.25, -0.2) is 0 Å². The Hall–Kier alpha value is -1.30. The van der Waals surface area contributed by atoms with Crippen LogP contribution >= 0.6 is 12.4 Å². The molecule has 1 spiro atoms. The molecule has 2 heterocycles. The summed E-state index contributed by atoms with van der Waals surface area (Å²) in [7, 11) is 0. The number of carbonyl (C=O) groups excluding carboxylic acids is 1. The van der Waals surface area contributed by atoms with Gasteiger partial charge in [0.25, 0.3) is 0 Å². The van der Waals surface area contributed by atoms with E-state index in [1.807, 2.05) is 0 Å². The number of ether oxygens (including phenoxy) is 2. The van der Waals surface area contributed by atoms with Gasteiger partial charge in [-0.2, -0.15) is 0 Å². The van der Waals surface area contributed by atoms with E-state index in [-0.39, 0.29) is 30.0 Å². The minimum absolute atomic E-state index is 0. The van der Waals surface area contributed by atoms with E-state index in [0.29, 0.717) is 18.1 Å². The van der Waals surface area contributed by atoms with Crippen molar-refractivity contribution in [3.63, 3.8) is 0 Å². The van der Waals surface area contributed by atoms with Gasteiger partial charge in [0, 0.05) is 31.2 Å². The van der Waals surface area contributed by atoms with Crippen molar-refractivity contribution in [2.24, 2.45) is 11.8 Å². The van der Waals surface area contributed by atoms with Gasteiger partial charge in [0.15, 0.2) is 23.4 Å². The Morgan fingerprint density at radius 1 is 1.29 bits per heavy atom. The fraction of sp³-hybridized carbons (Fsp3) is 0.720. The van der Waals surface area contributed by atoms with Crippen LogP contribution in [0.5, 0.6) is 11.5 Å². The second-order valence-corrected chi connectivity index (χ2v) is 10.7. The van der Waals surface area contributed by atoms with Gasteiger partial charge in [0.05, 0.1) is 11.0 Å². The number of rotatable bonds is 6. The average Bonchev–Trinajstić information content (AvgIpc) is 3.45. The van der Waals surface area contributed by atoms with Crippen molar-refractivity contribution in [2.75, 3.05) is 19.7 Å². The topological polar surface area (TPSA) is 59.0 Å². The highest BCUT2D eigenvalue weighted by Crippen LogP contribution is 2.66. The number of Topliss-reactive ketones (excluding diaryl/α,β-unsaturated/α-hetero) is 1. The van der Waals surface area contributed by atoms with Gasteiger partial charge in [0.1, 0.15) is 0 Å². The molecule has 170 valence electrons. The van der Waals surface area contributed by atoms with Crippen LogP contribution in [0.3, 0.4) is 0 Å². The number of hydrogen-bond acceptors (Lipinski definition) is 5. The fourth-order valence-corrected chi connectivity index (χ4v) is 7.01. The van der Waals surface area contributed by atoms with E-state index >= 15 is 0 Å². The maximum Gasteiger partial charge on any atom is 0.174 e. The van der Waals surface area contributed by atoms with Gasteiger partial charge in [-0.05, 0) is 68.5 Å². The van der Waals surface area contributed by atoms with Gasteiger partial charge in [-0.1, -0.05) is 19.9 Å². The summed E-state index contributed by atoms with van der Waals surface area (Å²) in [6.07, 6.45) is 6.25. The SMILES string of the molecule is CC(C)CCO[C@@]12CCC(=O)C3Oc4c(O)ccc5c4[C@@]31CCN(CC1CC1)[C@@H]2C5.Cl. The summed E-state index contributed by atoms with van der Waals surface area (Å²) in [6.45, 7) is 7.32. The van der Waals surface area contributed by atoms with E-state index in [1.165, 1.54) is 18.4 Å². The van der Waals surface area contributed by atoms with E-state index in [1.54, 1.807) is 6.07 Å². The molecule has 1 unspecified atom stereocenters. The zero-order chi connectivity index (χ0) is 20.7. The van der Waals surface area contributed by atoms with Crippen molar-refractivity contribution in [3.05, 3.63) is 23.3 Å². The number of aromatic hydroxyl groups is 1. The molecule has 6 heteroatoms. The summed E-state index contributed by atoms with van der Waals surface area (Å²) in [4.78, 5) is 15.8. The van der Waals surface area contributed by atoms with Crippen molar-refractivity contribution in [2.45, 2.75) is 82.0 Å². The molecular weight excluding hydrogens is 414 g/mol. The van der Waals surface area contributed by atoms with E-state index in [2.05, 4.69) is 24.8 Å². The third-order valence-electron chi connectivity index (χ3n) is 8.57. The Bertz CT molecular complexity index is 900. The highest BCUT2D eigenvalue weighted by Gasteiger charge is 2.74. The van der Waals surface area contributed by atoms with Crippen LogP contribution in [0.1, 0.15) is 63.5 Å². The quantitative estimate of drug-likeness (QED) is 0.713. The zero-order valence-electron chi connectivity index (χ0n) is 18.6. The van der Waals surface area contributed by atoms with Gasteiger partial charge in [-0.3, -0.25) is 9.69 Å². The molecule has 31 heavy (non-hydrogen) atoms. The lowest BCUT2D eigenvalue weighted by molar-refractivity contribution is -0.214. The van der Waals surface area contributed by atoms with Crippen molar-refractivity contribution in [1.29, 1.82) is 0 Å². The van der Waals surface area contributed by atoms with Crippen molar-refractivity contribution in [1.82, 2.24) is 4.90 Å². The summed E-state index contributed by atoms with van der Waals surface area (Å²) < 4.78 is 13.3. The molecule has 1 aromatic rings. The molecule has 0 radical (unpaired) electrons. The largest absolute Gasteiger partial charge is 0.504 e. The smallest absolute Gasteiger partial charge is 0.174 e. The number of halogens is 1.